The van der Waals surface area contributed by atoms with E-state index >= 15 is 0 Å². The molecule has 1 aromatic rings. The Labute approximate surface area is 136 Å². The molecule has 0 bridgehead atoms. The van der Waals surface area contributed by atoms with E-state index in [1.165, 1.54) is 0 Å². The fourth-order valence-electron chi connectivity index (χ4n) is 2.01. The number of carbonyl (C=O) groups excluding carboxylic acids is 1. The molecule has 128 valence electrons. The predicted molar refractivity (Wildman–Crippen MR) is 86.7 cm³/mol. The van der Waals surface area contributed by atoms with E-state index in [4.69, 9.17) is 14.6 Å². The minimum absolute atomic E-state index is 0.0203. The molecule has 1 amide bonds. The highest BCUT2D eigenvalue weighted by Gasteiger charge is 2.32. The second-order valence-corrected chi connectivity index (χ2v) is 5.88. The van der Waals surface area contributed by atoms with Crippen molar-refractivity contribution >= 4 is 11.9 Å². The molecule has 0 aromatic heterocycles. The second-order valence-electron chi connectivity index (χ2n) is 5.88. The van der Waals surface area contributed by atoms with Crippen molar-refractivity contribution in [1.29, 1.82) is 0 Å². The van der Waals surface area contributed by atoms with Gasteiger partial charge in [-0.15, -0.1) is 0 Å². The fourth-order valence-corrected chi connectivity index (χ4v) is 2.01. The Morgan fingerprint density at radius 2 is 1.70 bits per heavy atom. The van der Waals surface area contributed by atoms with E-state index in [1.54, 1.807) is 31.2 Å². The van der Waals surface area contributed by atoms with Crippen LogP contribution in [0, 0.1) is 5.92 Å². The summed E-state index contributed by atoms with van der Waals surface area (Å²) >= 11 is 0. The Kier molecular flexibility index (Phi) is 6.88. The zero-order chi connectivity index (χ0) is 17.5. The van der Waals surface area contributed by atoms with E-state index in [2.05, 4.69) is 5.32 Å². The molecular weight excluding hydrogens is 298 g/mol. The van der Waals surface area contributed by atoms with Gasteiger partial charge in [0.2, 0.25) is 0 Å². The quantitative estimate of drug-likeness (QED) is 0.729. The lowest BCUT2D eigenvalue weighted by Gasteiger charge is -2.33. The lowest BCUT2D eigenvalue weighted by atomic mass is 9.85. The van der Waals surface area contributed by atoms with Crippen molar-refractivity contribution in [2.45, 2.75) is 39.7 Å². The van der Waals surface area contributed by atoms with E-state index in [1.807, 2.05) is 20.8 Å². The number of hydrogen-bond acceptors (Lipinski definition) is 4. The summed E-state index contributed by atoms with van der Waals surface area (Å²) in [6.45, 7) is 7.78. The Morgan fingerprint density at radius 1 is 1.17 bits per heavy atom. The van der Waals surface area contributed by atoms with Crippen molar-refractivity contribution in [2.24, 2.45) is 5.92 Å². The first-order valence-electron chi connectivity index (χ1n) is 7.65. The minimum atomic E-state index is -0.950. The van der Waals surface area contributed by atoms with Gasteiger partial charge in [0.05, 0.1) is 18.6 Å². The second kappa shape index (κ2) is 8.41. The van der Waals surface area contributed by atoms with E-state index in [0.29, 0.717) is 12.4 Å². The van der Waals surface area contributed by atoms with Gasteiger partial charge in [0.1, 0.15) is 11.5 Å². The van der Waals surface area contributed by atoms with Gasteiger partial charge >= 0.3 is 5.97 Å². The number of amides is 1. The molecule has 0 spiro atoms. The summed E-state index contributed by atoms with van der Waals surface area (Å²) in [5.74, 6) is -0.0375. The number of carboxylic acids is 1. The maximum atomic E-state index is 12.0. The lowest BCUT2D eigenvalue weighted by Crippen LogP contribution is -2.52. The number of rotatable bonds is 9. The summed E-state index contributed by atoms with van der Waals surface area (Å²) in [6.07, 6.45) is -0.139. The first-order chi connectivity index (χ1) is 10.8. The molecular formula is C17H25NO5. The fraction of sp³-hybridized carbons (Fsp3) is 0.529. The smallest absolute Gasteiger partial charge is 0.305 e. The van der Waals surface area contributed by atoms with Crippen molar-refractivity contribution in [1.82, 2.24) is 5.32 Å². The third kappa shape index (κ3) is 6.18. The summed E-state index contributed by atoms with van der Waals surface area (Å²) in [7, 11) is 0. The largest absolute Gasteiger partial charge is 0.494 e. The molecule has 0 fully saturated rings. The monoisotopic (exact) mass is 323 g/mol. The van der Waals surface area contributed by atoms with Crippen molar-refractivity contribution in [3.8, 4) is 11.5 Å². The van der Waals surface area contributed by atoms with Crippen molar-refractivity contribution in [3.05, 3.63) is 24.3 Å². The molecule has 0 aliphatic rings. The van der Waals surface area contributed by atoms with E-state index in [-0.39, 0.29) is 24.9 Å². The van der Waals surface area contributed by atoms with E-state index < -0.39 is 11.5 Å². The zero-order valence-corrected chi connectivity index (χ0v) is 14.1. The highest BCUT2D eigenvalue weighted by Crippen LogP contribution is 2.21. The van der Waals surface area contributed by atoms with Crippen LogP contribution in [0.1, 0.15) is 34.1 Å². The van der Waals surface area contributed by atoms with Gasteiger partial charge < -0.3 is 19.9 Å². The van der Waals surface area contributed by atoms with E-state index in [0.717, 1.165) is 5.75 Å². The number of aliphatic carboxylic acids is 1. The SMILES string of the molecule is CCOc1ccc(OCC(=O)NC(C)(CC(=O)O)C(C)C)cc1. The van der Waals surface area contributed by atoms with Crippen LogP contribution in [0.4, 0.5) is 0 Å². The summed E-state index contributed by atoms with van der Waals surface area (Å²) < 4.78 is 10.7. The molecule has 6 nitrogen and oxygen atoms in total. The highest BCUT2D eigenvalue weighted by molar-refractivity contribution is 5.79. The summed E-state index contributed by atoms with van der Waals surface area (Å²) in [5.41, 5.74) is -0.814. The average molecular weight is 323 g/mol. The zero-order valence-electron chi connectivity index (χ0n) is 14.1. The molecule has 6 heteroatoms. The lowest BCUT2D eigenvalue weighted by molar-refractivity contribution is -0.139. The first-order valence-corrected chi connectivity index (χ1v) is 7.65. The average Bonchev–Trinajstić information content (AvgIpc) is 2.45. The Morgan fingerprint density at radius 3 is 2.13 bits per heavy atom. The summed E-state index contributed by atoms with van der Waals surface area (Å²) in [4.78, 5) is 23.0. The Hall–Kier alpha value is -2.24. The van der Waals surface area contributed by atoms with Crippen LogP contribution in [-0.4, -0.2) is 35.7 Å². The van der Waals surface area contributed by atoms with Crippen LogP contribution in [0.2, 0.25) is 0 Å². The van der Waals surface area contributed by atoms with Crippen molar-refractivity contribution < 1.29 is 24.2 Å². The molecule has 0 heterocycles. The maximum absolute atomic E-state index is 12.0. The van der Waals surface area contributed by atoms with Gasteiger partial charge in [-0.05, 0) is 44.0 Å². The van der Waals surface area contributed by atoms with Gasteiger partial charge in [-0.3, -0.25) is 9.59 Å². The van der Waals surface area contributed by atoms with Gasteiger partial charge in [-0.2, -0.15) is 0 Å². The van der Waals surface area contributed by atoms with Crippen LogP contribution in [0.25, 0.3) is 0 Å². The summed E-state index contributed by atoms with van der Waals surface area (Å²) in [6, 6.07) is 6.97. The van der Waals surface area contributed by atoms with E-state index in [9.17, 15) is 9.59 Å². The minimum Gasteiger partial charge on any atom is -0.494 e. The van der Waals surface area contributed by atoms with Gasteiger partial charge in [0.25, 0.3) is 5.91 Å². The molecule has 0 saturated heterocycles. The summed E-state index contributed by atoms with van der Waals surface area (Å²) in [5, 5.41) is 11.8. The number of benzene rings is 1. The highest BCUT2D eigenvalue weighted by atomic mass is 16.5. The molecule has 1 rings (SSSR count). The maximum Gasteiger partial charge on any atom is 0.305 e. The van der Waals surface area contributed by atoms with Crippen LogP contribution in [0.3, 0.4) is 0 Å². The van der Waals surface area contributed by atoms with Gasteiger partial charge in [0, 0.05) is 0 Å². The van der Waals surface area contributed by atoms with Crippen molar-refractivity contribution in [2.75, 3.05) is 13.2 Å². The van der Waals surface area contributed by atoms with Gasteiger partial charge in [-0.25, -0.2) is 0 Å². The molecule has 23 heavy (non-hydrogen) atoms. The molecule has 1 aromatic carbocycles. The standard InChI is InChI=1S/C17H25NO5/c1-5-22-13-6-8-14(9-7-13)23-11-15(19)18-17(4,12(2)3)10-16(20)21/h6-9,12H,5,10-11H2,1-4H3,(H,18,19)(H,20,21). The number of hydrogen-bond donors (Lipinski definition) is 2. The Bertz CT molecular complexity index is 526. The predicted octanol–water partition coefficient (Wildman–Crippen LogP) is 2.47. The number of nitrogens with one attached hydrogen (secondary N) is 1. The third-order valence-corrected chi connectivity index (χ3v) is 3.72. The molecule has 0 aliphatic carbocycles. The number of carboxylic acid groups (broad SMARTS) is 1. The number of ether oxygens (including phenoxy) is 2. The Balaban J connectivity index is 2.56. The first kappa shape index (κ1) is 18.8. The topological polar surface area (TPSA) is 84.9 Å². The van der Waals surface area contributed by atoms with Crippen molar-refractivity contribution in [3.63, 3.8) is 0 Å². The number of carbonyl (C=O) groups is 2. The van der Waals surface area contributed by atoms with Crippen LogP contribution in [0.5, 0.6) is 11.5 Å². The van der Waals surface area contributed by atoms with Crippen LogP contribution in [0.15, 0.2) is 24.3 Å². The molecule has 0 saturated carbocycles. The van der Waals surface area contributed by atoms with Gasteiger partial charge in [-0.1, -0.05) is 13.8 Å². The molecule has 2 N–H and O–H groups in total. The van der Waals surface area contributed by atoms with Gasteiger partial charge in [0.15, 0.2) is 6.61 Å². The molecule has 0 radical (unpaired) electrons. The third-order valence-electron chi connectivity index (χ3n) is 3.72. The normalized spacial score (nSPS) is 13.3. The molecule has 0 aliphatic heterocycles. The van der Waals surface area contributed by atoms with Crippen LogP contribution < -0.4 is 14.8 Å². The van der Waals surface area contributed by atoms with Crippen LogP contribution >= 0.6 is 0 Å². The van der Waals surface area contributed by atoms with Crippen LogP contribution in [-0.2, 0) is 9.59 Å². The molecule has 1 atom stereocenters. The molecule has 1 unspecified atom stereocenters.